The van der Waals surface area contributed by atoms with Crippen LogP contribution >= 0.6 is 11.3 Å². The zero-order chi connectivity index (χ0) is 12.2. The predicted molar refractivity (Wildman–Crippen MR) is 73.7 cm³/mol. The number of nitrogens with zero attached hydrogens (tertiary/aromatic N) is 1. The summed E-state index contributed by atoms with van der Waals surface area (Å²) in [6, 6.07) is 0. The van der Waals surface area contributed by atoms with Gasteiger partial charge in [-0.15, -0.1) is 11.3 Å². The summed E-state index contributed by atoms with van der Waals surface area (Å²) in [6.45, 7) is 10.8. The quantitative estimate of drug-likeness (QED) is 0.729. The van der Waals surface area contributed by atoms with Crippen LogP contribution in [0.25, 0.3) is 12.2 Å². The number of hydrogen-bond acceptors (Lipinski definition) is 2. The van der Waals surface area contributed by atoms with Crippen LogP contribution in [0.1, 0.15) is 34.6 Å². The smallest absolute Gasteiger partial charge is 0.0808 e. The van der Waals surface area contributed by atoms with Crippen LogP contribution in [0.5, 0.6) is 0 Å². The van der Waals surface area contributed by atoms with Crippen molar-refractivity contribution in [2.45, 2.75) is 34.6 Å². The highest BCUT2D eigenvalue weighted by molar-refractivity contribution is 7.07. The summed E-state index contributed by atoms with van der Waals surface area (Å²) in [5, 5.41) is 1.11. The Hall–Kier alpha value is -0.890. The van der Waals surface area contributed by atoms with Gasteiger partial charge in [0.25, 0.3) is 0 Å². The maximum atomic E-state index is 4.32. The van der Waals surface area contributed by atoms with Crippen LogP contribution < -0.4 is 9.88 Å². The van der Waals surface area contributed by atoms with Crippen molar-refractivity contribution in [3.63, 3.8) is 0 Å². The number of aromatic nitrogens is 1. The molecule has 1 heterocycles. The standard InChI is InChI=1S/C12H15NS.C2H6/c1-9(2)12(3)6-4-5-10-11(7-12)14-8-13-10;1-2/h4-9H,1-3H3;1-2H3. The Labute approximate surface area is 102 Å². The average Bonchev–Trinajstić information content (AvgIpc) is 2.62. The highest BCUT2D eigenvalue weighted by Crippen LogP contribution is 2.30. The fourth-order valence-electron chi connectivity index (χ4n) is 1.53. The maximum absolute atomic E-state index is 4.32. The van der Waals surface area contributed by atoms with E-state index in [0.29, 0.717) is 5.92 Å². The van der Waals surface area contributed by atoms with Crippen molar-refractivity contribution < 1.29 is 0 Å². The Morgan fingerprint density at radius 3 is 2.62 bits per heavy atom. The van der Waals surface area contributed by atoms with E-state index in [4.69, 9.17) is 0 Å². The first-order chi connectivity index (χ1) is 7.62. The molecule has 0 radical (unpaired) electrons. The van der Waals surface area contributed by atoms with Crippen LogP contribution in [0.4, 0.5) is 0 Å². The minimum absolute atomic E-state index is 0.161. The van der Waals surface area contributed by atoms with Gasteiger partial charge in [0, 0.05) is 5.41 Å². The van der Waals surface area contributed by atoms with Crippen molar-refractivity contribution in [2.75, 3.05) is 0 Å². The average molecular weight is 235 g/mol. The van der Waals surface area contributed by atoms with Gasteiger partial charge in [0.1, 0.15) is 0 Å². The van der Waals surface area contributed by atoms with Gasteiger partial charge in [-0.25, -0.2) is 4.98 Å². The Kier molecular flexibility index (Phi) is 4.48. The lowest BCUT2D eigenvalue weighted by molar-refractivity contribution is 0.410. The number of allylic oxidation sites excluding steroid dienone is 2. The SMILES string of the molecule is CC.CC(C)C1(C)C=CC=c2ncsc2=C1. The molecule has 1 aromatic rings. The number of hydrogen-bond donors (Lipinski definition) is 0. The van der Waals surface area contributed by atoms with Gasteiger partial charge in [-0.1, -0.05) is 52.8 Å². The molecule has 0 N–H and O–H groups in total. The van der Waals surface area contributed by atoms with Crippen molar-refractivity contribution in [2.24, 2.45) is 11.3 Å². The molecule has 0 fully saturated rings. The Morgan fingerprint density at radius 2 is 2.00 bits per heavy atom. The van der Waals surface area contributed by atoms with E-state index in [1.54, 1.807) is 11.3 Å². The summed E-state index contributed by atoms with van der Waals surface area (Å²) in [7, 11) is 0. The molecule has 88 valence electrons. The molecule has 0 bridgehead atoms. The normalized spacial score (nSPS) is 22.4. The fourth-order valence-corrected chi connectivity index (χ4v) is 2.38. The van der Waals surface area contributed by atoms with Crippen LogP contribution in [0.15, 0.2) is 17.7 Å². The molecular formula is C14H21NS. The van der Waals surface area contributed by atoms with E-state index in [2.05, 4.69) is 50.1 Å². The molecule has 1 unspecified atom stereocenters. The van der Waals surface area contributed by atoms with Gasteiger partial charge < -0.3 is 0 Å². The lowest BCUT2D eigenvalue weighted by Gasteiger charge is -2.25. The second-order valence-electron chi connectivity index (χ2n) is 4.29. The second kappa shape index (κ2) is 5.44. The number of fused-ring (bicyclic) bond motifs is 1. The molecular weight excluding hydrogens is 214 g/mol. The van der Waals surface area contributed by atoms with E-state index < -0.39 is 0 Å². The van der Waals surface area contributed by atoms with Crippen molar-refractivity contribution in [1.29, 1.82) is 0 Å². The van der Waals surface area contributed by atoms with Crippen molar-refractivity contribution in [3.05, 3.63) is 27.5 Å². The molecule has 0 amide bonds. The third-order valence-corrected chi connectivity index (χ3v) is 3.81. The van der Waals surface area contributed by atoms with Crippen LogP contribution in [-0.2, 0) is 0 Å². The van der Waals surface area contributed by atoms with Crippen molar-refractivity contribution >= 4 is 23.5 Å². The molecule has 2 rings (SSSR count). The third-order valence-electron chi connectivity index (χ3n) is 3.02. The van der Waals surface area contributed by atoms with E-state index in [9.17, 15) is 0 Å². The highest BCUT2D eigenvalue weighted by atomic mass is 32.1. The molecule has 2 heteroatoms. The van der Waals surface area contributed by atoms with Gasteiger partial charge in [-0.05, 0) is 12.0 Å². The van der Waals surface area contributed by atoms with Gasteiger partial charge in [-0.2, -0.15) is 0 Å². The van der Waals surface area contributed by atoms with E-state index in [-0.39, 0.29) is 5.41 Å². The molecule has 0 aromatic carbocycles. The number of rotatable bonds is 1. The lowest BCUT2D eigenvalue weighted by Crippen LogP contribution is -2.25. The summed E-state index contributed by atoms with van der Waals surface area (Å²) >= 11 is 1.72. The van der Waals surface area contributed by atoms with Gasteiger partial charge in [-0.3, -0.25) is 0 Å². The molecule has 0 spiro atoms. The van der Waals surface area contributed by atoms with E-state index in [1.807, 2.05) is 19.4 Å². The van der Waals surface area contributed by atoms with Crippen LogP contribution in [0.2, 0.25) is 0 Å². The molecule has 1 nitrogen and oxygen atoms in total. The Morgan fingerprint density at radius 1 is 1.31 bits per heavy atom. The molecule has 0 saturated heterocycles. The first-order valence-corrected chi connectivity index (χ1v) is 6.82. The van der Waals surface area contributed by atoms with E-state index in [1.165, 1.54) is 4.53 Å². The van der Waals surface area contributed by atoms with Crippen molar-refractivity contribution in [3.8, 4) is 0 Å². The summed E-state index contributed by atoms with van der Waals surface area (Å²) in [5.74, 6) is 0.611. The summed E-state index contributed by atoms with van der Waals surface area (Å²) in [5.41, 5.74) is 2.08. The topological polar surface area (TPSA) is 12.9 Å². The van der Waals surface area contributed by atoms with Crippen LogP contribution in [0.3, 0.4) is 0 Å². The summed E-state index contributed by atoms with van der Waals surface area (Å²) in [6.07, 6.45) is 8.83. The van der Waals surface area contributed by atoms with Gasteiger partial charge in [0.2, 0.25) is 0 Å². The van der Waals surface area contributed by atoms with E-state index in [0.717, 1.165) is 5.35 Å². The monoisotopic (exact) mass is 235 g/mol. The third kappa shape index (κ3) is 2.62. The minimum Gasteiger partial charge on any atom is -0.245 e. The molecule has 1 aromatic heterocycles. The first-order valence-electron chi connectivity index (χ1n) is 5.94. The molecule has 0 aliphatic heterocycles. The van der Waals surface area contributed by atoms with Crippen molar-refractivity contribution in [1.82, 2.24) is 4.98 Å². The highest BCUT2D eigenvalue weighted by Gasteiger charge is 2.22. The zero-order valence-electron chi connectivity index (χ0n) is 10.8. The zero-order valence-corrected chi connectivity index (χ0v) is 11.6. The fraction of sp³-hybridized carbons (Fsp3) is 0.500. The minimum atomic E-state index is 0.161. The number of thiazole rings is 1. The lowest BCUT2D eigenvalue weighted by atomic mass is 9.79. The van der Waals surface area contributed by atoms with E-state index >= 15 is 0 Å². The predicted octanol–water partition coefficient (Wildman–Crippen LogP) is 2.96. The molecule has 1 aliphatic rings. The van der Waals surface area contributed by atoms with Crippen LogP contribution in [-0.4, -0.2) is 4.98 Å². The summed E-state index contributed by atoms with van der Waals surface area (Å²) in [4.78, 5) is 4.32. The Balaban J connectivity index is 0.000000606. The summed E-state index contributed by atoms with van der Waals surface area (Å²) < 4.78 is 1.30. The van der Waals surface area contributed by atoms with Crippen LogP contribution in [0, 0.1) is 11.3 Å². The van der Waals surface area contributed by atoms with Gasteiger partial charge in [0.05, 0.1) is 15.4 Å². The molecule has 1 atom stereocenters. The largest absolute Gasteiger partial charge is 0.245 e. The molecule has 1 aliphatic carbocycles. The van der Waals surface area contributed by atoms with Gasteiger partial charge >= 0.3 is 0 Å². The second-order valence-corrected chi connectivity index (χ2v) is 5.18. The first kappa shape index (κ1) is 13.2. The van der Waals surface area contributed by atoms with Gasteiger partial charge in [0.15, 0.2) is 0 Å². The Bertz CT molecular complexity index is 467. The molecule has 16 heavy (non-hydrogen) atoms. The maximum Gasteiger partial charge on any atom is 0.0808 e. The molecule has 0 saturated carbocycles.